The normalized spacial score (nSPS) is 13.4. The van der Waals surface area contributed by atoms with Crippen LogP contribution in [0.4, 0.5) is 0 Å². The molecule has 1 atom stereocenters. The van der Waals surface area contributed by atoms with Crippen LogP contribution in [-0.4, -0.2) is 26.1 Å². The molecule has 0 aromatic carbocycles. The second-order valence-electron chi connectivity index (χ2n) is 2.30. The Morgan fingerprint density at radius 1 is 1.27 bits per heavy atom. The molecule has 0 aliphatic rings. The lowest BCUT2D eigenvalue weighted by atomic mass is 10.3. The van der Waals surface area contributed by atoms with Gasteiger partial charge in [-0.05, 0) is 26.7 Å². The Balaban J connectivity index is 2.97. The van der Waals surface area contributed by atoms with Gasteiger partial charge in [-0.1, -0.05) is 0 Å². The molecular formula is C8H17O3. The Morgan fingerprint density at radius 2 is 2.00 bits per heavy atom. The van der Waals surface area contributed by atoms with Crippen molar-refractivity contribution in [3.05, 3.63) is 0 Å². The molecule has 0 amide bonds. The fourth-order valence-electron chi connectivity index (χ4n) is 0.736. The van der Waals surface area contributed by atoms with Crippen LogP contribution >= 0.6 is 0 Å². The van der Waals surface area contributed by atoms with Gasteiger partial charge in [0.25, 0.3) is 0 Å². The highest BCUT2D eigenvalue weighted by Crippen LogP contribution is 1.96. The van der Waals surface area contributed by atoms with Gasteiger partial charge >= 0.3 is 0 Å². The zero-order valence-electron chi connectivity index (χ0n) is 7.34. The third-order valence-corrected chi connectivity index (χ3v) is 1.29. The maximum Gasteiger partial charge on any atom is 0.154 e. The van der Waals surface area contributed by atoms with Gasteiger partial charge in [0.15, 0.2) is 6.29 Å². The first-order chi connectivity index (χ1) is 5.31. The van der Waals surface area contributed by atoms with E-state index >= 15 is 0 Å². The average Bonchev–Trinajstić information content (AvgIpc) is 1.99. The van der Waals surface area contributed by atoms with Crippen LogP contribution in [0.2, 0.25) is 0 Å². The summed E-state index contributed by atoms with van der Waals surface area (Å²) in [4.78, 5) is 0. The molecule has 67 valence electrons. The van der Waals surface area contributed by atoms with E-state index in [0.717, 1.165) is 6.42 Å². The molecule has 0 aromatic rings. The van der Waals surface area contributed by atoms with E-state index in [1.165, 1.54) is 0 Å². The van der Waals surface area contributed by atoms with Crippen molar-refractivity contribution < 1.29 is 14.6 Å². The minimum atomic E-state index is -0.133. The van der Waals surface area contributed by atoms with Crippen LogP contribution in [0.5, 0.6) is 0 Å². The molecule has 0 heterocycles. The summed E-state index contributed by atoms with van der Waals surface area (Å²) in [6.45, 7) is 5.08. The third-order valence-electron chi connectivity index (χ3n) is 1.29. The fourth-order valence-corrected chi connectivity index (χ4v) is 0.736. The third kappa shape index (κ3) is 7.78. The quantitative estimate of drug-likeness (QED) is 0.420. The average molecular weight is 161 g/mol. The van der Waals surface area contributed by atoms with Crippen LogP contribution in [0.15, 0.2) is 0 Å². The van der Waals surface area contributed by atoms with Gasteiger partial charge in [-0.15, -0.1) is 0 Å². The van der Waals surface area contributed by atoms with Crippen molar-refractivity contribution in [3.8, 4) is 0 Å². The van der Waals surface area contributed by atoms with Gasteiger partial charge in [0.1, 0.15) is 0 Å². The monoisotopic (exact) mass is 161 g/mol. The Morgan fingerprint density at radius 3 is 2.55 bits per heavy atom. The first kappa shape index (κ1) is 10.9. The predicted octanol–water partition coefficient (Wildman–Crippen LogP) is 1.60. The summed E-state index contributed by atoms with van der Waals surface area (Å²) >= 11 is 0. The Bertz CT molecular complexity index is 75.7. The number of rotatable bonds is 7. The lowest BCUT2D eigenvalue weighted by Crippen LogP contribution is -2.13. The number of hydrogen-bond acceptors (Lipinski definition) is 2. The summed E-state index contributed by atoms with van der Waals surface area (Å²) < 4.78 is 10.3. The molecule has 0 aromatic heterocycles. The molecule has 0 saturated heterocycles. The summed E-state index contributed by atoms with van der Waals surface area (Å²) in [5.74, 6) is 0. The molecule has 0 saturated carbocycles. The van der Waals surface area contributed by atoms with Crippen molar-refractivity contribution in [3.63, 3.8) is 0 Å². The molecule has 0 aliphatic carbocycles. The highest BCUT2D eigenvalue weighted by molar-refractivity contribution is 4.37. The van der Waals surface area contributed by atoms with Gasteiger partial charge in [-0.2, -0.15) is 0 Å². The van der Waals surface area contributed by atoms with Crippen LogP contribution in [0, 0.1) is 0 Å². The summed E-state index contributed by atoms with van der Waals surface area (Å²) in [5, 5.41) is 10.0. The molecule has 0 bridgehead atoms. The van der Waals surface area contributed by atoms with E-state index in [0.29, 0.717) is 19.6 Å². The largest absolute Gasteiger partial charge is 0.353 e. The summed E-state index contributed by atoms with van der Waals surface area (Å²) in [6, 6.07) is 0. The number of ether oxygens (including phenoxy) is 2. The van der Waals surface area contributed by atoms with Gasteiger partial charge in [0.2, 0.25) is 0 Å². The second kappa shape index (κ2) is 7.98. The van der Waals surface area contributed by atoms with E-state index in [4.69, 9.17) is 9.47 Å². The zero-order chi connectivity index (χ0) is 8.53. The van der Waals surface area contributed by atoms with Crippen LogP contribution < -0.4 is 0 Å². The lowest BCUT2D eigenvalue weighted by Gasteiger charge is -2.11. The molecule has 0 N–H and O–H groups in total. The van der Waals surface area contributed by atoms with Gasteiger partial charge in [-0.3, -0.25) is 0 Å². The minimum absolute atomic E-state index is 0.00756. The van der Waals surface area contributed by atoms with E-state index in [1.54, 1.807) is 0 Å². The number of unbranched alkanes of at least 4 members (excludes halogenated alkanes) is 1. The maximum absolute atomic E-state index is 10.0. The standard InChI is InChI=1S/C8H17O3/c1-3-10-8(2)11-7-5-4-6-9/h8H,3-7H2,1-2H3. The molecular weight excluding hydrogens is 144 g/mol. The molecule has 3 nitrogen and oxygen atoms in total. The van der Waals surface area contributed by atoms with Crippen LogP contribution in [0.3, 0.4) is 0 Å². The highest BCUT2D eigenvalue weighted by Gasteiger charge is 1.98. The summed E-state index contributed by atoms with van der Waals surface area (Å²) in [6.07, 6.45) is 1.39. The van der Waals surface area contributed by atoms with Crippen molar-refractivity contribution >= 4 is 0 Å². The van der Waals surface area contributed by atoms with E-state index < -0.39 is 0 Å². The van der Waals surface area contributed by atoms with E-state index in [-0.39, 0.29) is 12.9 Å². The molecule has 3 heteroatoms. The zero-order valence-corrected chi connectivity index (χ0v) is 7.34. The van der Waals surface area contributed by atoms with Crippen molar-refractivity contribution in [1.82, 2.24) is 0 Å². The van der Waals surface area contributed by atoms with Crippen LogP contribution in [-0.2, 0) is 14.6 Å². The number of hydrogen-bond donors (Lipinski definition) is 0. The predicted molar refractivity (Wildman–Crippen MR) is 41.8 cm³/mol. The Labute approximate surface area is 68.3 Å². The van der Waals surface area contributed by atoms with Crippen LogP contribution in [0.25, 0.3) is 0 Å². The summed E-state index contributed by atoms with van der Waals surface area (Å²) in [7, 11) is 0. The minimum Gasteiger partial charge on any atom is -0.353 e. The van der Waals surface area contributed by atoms with Crippen molar-refractivity contribution in [2.45, 2.75) is 33.0 Å². The van der Waals surface area contributed by atoms with E-state index in [2.05, 4.69) is 0 Å². The van der Waals surface area contributed by atoms with Crippen molar-refractivity contribution in [1.29, 1.82) is 0 Å². The van der Waals surface area contributed by atoms with Gasteiger partial charge in [-0.25, -0.2) is 5.11 Å². The SMILES string of the molecule is CCOC(C)OCCCC[O]. The highest BCUT2D eigenvalue weighted by atomic mass is 16.7. The van der Waals surface area contributed by atoms with E-state index in [1.807, 2.05) is 13.8 Å². The molecule has 0 aliphatic heterocycles. The topological polar surface area (TPSA) is 38.4 Å². The first-order valence-corrected chi connectivity index (χ1v) is 4.12. The molecule has 1 radical (unpaired) electrons. The summed E-state index contributed by atoms with van der Waals surface area (Å²) in [5.41, 5.74) is 0. The van der Waals surface area contributed by atoms with E-state index in [9.17, 15) is 5.11 Å². The van der Waals surface area contributed by atoms with Gasteiger partial charge in [0, 0.05) is 13.2 Å². The molecule has 0 fully saturated rings. The first-order valence-electron chi connectivity index (χ1n) is 4.12. The van der Waals surface area contributed by atoms with Crippen LogP contribution in [0.1, 0.15) is 26.7 Å². The second-order valence-corrected chi connectivity index (χ2v) is 2.30. The molecule has 0 rings (SSSR count). The lowest BCUT2D eigenvalue weighted by molar-refractivity contribution is -0.128. The van der Waals surface area contributed by atoms with Gasteiger partial charge < -0.3 is 9.47 Å². The fraction of sp³-hybridized carbons (Fsp3) is 1.00. The maximum atomic E-state index is 10.0. The van der Waals surface area contributed by atoms with Crippen molar-refractivity contribution in [2.24, 2.45) is 0 Å². The Hall–Kier alpha value is -0.120. The van der Waals surface area contributed by atoms with Gasteiger partial charge in [0.05, 0.1) is 6.61 Å². The Kier molecular flexibility index (Phi) is 7.89. The van der Waals surface area contributed by atoms with Crippen molar-refractivity contribution in [2.75, 3.05) is 19.8 Å². The molecule has 0 spiro atoms. The molecule has 11 heavy (non-hydrogen) atoms. The molecule has 1 unspecified atom stereocenters. The smallest absolute Gasteiger partial charge is 0.154 e.